The van der Waals surface area contributed by atoms with E-state index in [2.05, 4.69) is 22.4 Å². The molecule has 2 rings (SSSR count). The van der Waals surface area contributed by atoms with Gasteiger partial charge in [-0.05, 0) is 12.5 Å². The summed E-state index contributed by atoms with van der Waals surface area (Å²) in [6, 6.07) is 5.42. The fraction of sp³-hybridized carbons (Fsp3) is 0.385. The molecule has 0 unspecified atom stereocenters. The number of benzene rings is 1. The van der Waals surface area contributed by atoms with Crippen molar-refractivity contribution in [2.75, 3.05) is 12.4 Å². The molecule has 5 nitrogen and oxygen atoms in total. The van der Waals surface area contributed by atoms with Gasteiger partial charge in [-0.25, -0.2) is 0 Å². The summed E-state index contributed by atoms with van der Waals surface area (Å²) in [6.45, 7) is 2.60. The molecule has 0 atom stereocenters. The van der Waals surface area contributed by atoms with Crippen molar-refractivity contribution in [1.29, 1.82) is 0 Å². The van der Waals surface area contributed by atoms with Crippen molar-refractivity contribution >= 4 is 16.5 Å². The molecular formula is C13H17N3O2S. The summed E-state index contributed by atoms with van der Waals surface area (Å²) in [4.78, 5) is 0. The van der Waals surface area contributed by atoms with Crippen molar-refractivity contribution in [1.82, 2.24) is 10.2 Å². The van der Waals surface area contributed by atoms with Crippen LogP contribution in [-0.4, -0.2) is 22.4 Å². The molecule has 0 aliphatic carbocycles. The van der Waals surface area contributed by atoms with E-state index in [4.69, 9.17) is 4.74 Å². The topological polar surface area (TPSA) is 67.3 Å². The molecule has 1 aromatic heterocycles. The largest absolute Gasteiger partial charge is 0.504 e. The van der Waals surface area contributed by atoms with Crippen LogP contribution in [0.4, 0.5) is 5.13 Å². The van der Waals surface area contributed by atoms with Gasteiger partial charge in [0, 0.05) is 18.5 Å². The summed E-state index contributed by atoms with van der Waals surface area (Å²) in [5.41, 5.74) is 0.770. The smallest absolute Gasteiger partial charge is 0.205 e. The second-order valence-corrected chi connectivity index (χ2v) is 5.13. The van der Waals surface area contributed by atoms with Gasteiger partial charge in [-0.3, -0.25) is 0 Å². The Balaban J connectivity index is 2.01. The fourth-order valence-corrected chi connectivity index (χ4v) is 2.52. The molecule has 0 amide bonds. The number of phenolic OH excluding ortho intramolecular Hbond substituents is 1. The second-order valence-electron chi connectivity index (χ2n) is 4.07. The van der Waals surface area contributed by atoms with Crippen molar-refractivity contribution in [2.45, 2.75) is 26.3 Å². The van der Waals surface area contributed by atoms with E-state index < -0.39 is 0 Å². The van der Waals surface area contributed by atoms with Crippen molar-refractivity contribution in [2.24, 2.45) is 0 Å². The lowest BCUT2D eigenvalue weighted by Crippen LogP contribution is -2.00. The van der Waals surface area contributed by atoms with E-state index in [0.717, 1.165) is 28.5 Å². The molecule has 102 valence electrons. The van der Waals surface area contributed by atoms with Crippen molar-refractivity contribution < 1.29 is 9.84 Å². The summed E-state index contributed by atoms with van der Waals surface area (Å²) in [5.74, 6) is 0.638. The minimum absolute atomic E-state index is 0.163. The normalized spacial score (nSPS) is 10.4. The molecule has 0 spiro atoms. The van der Waals surface area contributed by atoms with Crippen LogP contribution < -0.4 is 10.1 Å². The summed E-state index contributed by atoms with van der Waals surface area (Å²) in [6.07, 6.45) is 2.01. The first-order chi connectivity index (χ1) is 9.24. The number of nitrogens with zero attached hydrogens (tertiary/aromatic N) is 2. The summed E-state index contributed by atoms with van der Waals surface area (Å²) in [7, 11) is 1.54. The maximum Gasteiger partial charge on any atom is 0.205 e. The van der Waals surface area contributed by atoms with Gasteiger partial charge in [-0.1, -0.05) is 30.4 Å². The standard InChI is InChI=1S/C13H17N3O2S/c1-3-5-11-15-16-13(19-11)14-8-9-6-4-7-10(18-2)12(9)17/h4,6-7,17H,3,5,8H2,1-2H3,(H,14,16). The first-order valence-corrected chi connectivity index (χ1v) is 6.97. The van der Waals surface area contributed by atoms with Crippen LogP contribution in [0, 0.1) is 0 Å². The minimum atomic E-state index is 0.163. The number of ether oxygens (including phenoxy) is 1. The lowest BCUT2D eigenvalue weighted by atomic mass is 10.2. The van der Waals surface area contributed by atoms with Crippen LogP contribution in [0.3, 0.4) is 0 Å². The minimum Gasteiger partial charge on any atom is -0.504 e. The third-order valence-corrected chi connectivity index (χ3v) is 3.60. The predicted molar refractivity (Wildman–Crippen MR) is 75.9 cm³/mol. The van der Waals surface area contributed by atoms with Crippen LogP contribution in [0.1, 0.15) is 23.9 Å². The molecule has 0 saturated heterocycles. The van der Waals surface area contributed by atoms with Crippen LogP contribution in [0.15, 0.2) is 18.2 Å². The molecule has 0 saturated carbocycles. The van der Waals surface area contributed by atoms with Crippen molar-refractivity contribution in [3.8, 4) is 11.5 Å². The molecule has 0 radical (unpaired) electrons. The number of aryl methyl sites for hydroxylation is 1. The highest BCUT2D eigenvalue weighted by molar-refractivity contribution is 7.15. The van der Waals surface area contributed by atoms with Gasteiger partial charge in [0.2, 0.25) is 5.13 Å². The number of phenols is 1. The number of aromatic nitrogens is 2. The van der Waals surface area contributed by atoms with Crippen LogP contribution in [0.25, 0.3) is 0 Å². The molecule has 1 heterocycles. The fourth-order valence-electron chi connectivity index (χ4n) is 1.69. The Kier molecular flexibility index (Phi) is 4.57. The van der Waals surface area contributed by atoms with Gasteiger partial charge in [0.1, 0.15) is 5.01 Å². The van der Waals surface area contributed by atoms with Gasteiger partial charge < -0.3 is 15.2 Å². The maximum atomic E-state index is 9.96. The number of rotatable bonds is 6. The molecule has 0 aliphatic rings. The second kappa shape index (κ2) is 6.38. The molecule has 2 N–H and O–H groups in total. The Bertz CT molecular complexity index is 542. The van der Waals surface area contributed by atoms with Gasteiger partial charge >= 0.3 is 0 Å². The van der Waals surface area contributed by atoms with Crippen LogP contribution >= 0.6 is 11.3 Å². The Labute approximate surface area is 116 Å². The highest BCUT2D eigenvalue weighted by Gasteiger charge is 2.08. The monoisotopic (exact) mass is 279 g/mol. The Morgan fingerprint density at radius 1 is 1.37 bits per heavy atom. The Morgan fingerprint density at radius 3 is 2.95 bits per heavy atom. The first kappa shape index (κ1) is 13.6. The summed E-state index contributed by atoms with van der Waals surface area (Å²) in [5, 5.41) is 23.1. The van der Waals surface area contributed by atoms with E-state index in [-0.39, 0.29) is 5.75 Å². The van der Waals surface area contributed by atoms with Crippen molar-refractivity contribution in [3.63, 3.8) is 0 Å². The van der Waals surface area contributed by atoms with Gasteiger partial charge in [0.05, 0.1) is 7.11 Å². The predicted octanol–water partition coefficient (Wildman–Crippen LogP) is 2.82. The third-order valence-electron chi connectivity index (χ3n) is 2.66. The number of aromatic hydroxyl groups is 1. The van der Waals surface area contributed by atoms with E-state index >= 15 is 0 Å². The number of para-hydroxylation sites is 1. The summed E-state index contributed by atoms with van der Waals surface area (Å²) < 4.78 is 5.07. The quantitative estimate of drug-likeness (QED) is 0.851. The number of nitrogens with one attached hydrogen (secondary N) is 1. The number of hydrogen-bond acceptors (Lipinski definition) is 6. The summed E-state index contributed by atoms with van der Waals surface area (Å²) >= 11 is 1.55. The lowest BCUT2D eigenvalue weighted by Gasteiger charge is -2.08. The van der Waals surface area contributed by atoms with E-state index in [1.165, 1.54) is 7.11 Å². The zero-order chi connectivity index (χ0) is 13.7. The van der Waals surface area contributed by atoms with Crippen LogP contribution in [0.2, 0.25) is 0 Å². The Hall–Kier alpha value is -1.82. The third kappa shape index (κ3) is 3.35. The number of methoxy groups -OCH3 is 1. The molecule has 6 heteroatoms. The number of hydrogen-bond donors (Lipinski definition) is 2. The van der Waals surface area contributed by atoms with Crippen LogP contribution in [-0.2, 0) is 13.0 Å². The van der Waals surface area contributed by atoms with E-state index in [0.29, 0.717) is 12.3 Å². The van der Waals surface area contributed by atoms with Gasteiger partial charge in [0.25, 0.3) is 0 Å². The van der Waals surface area contributed by atoms with Crippen molar-refractivity contribution in [3.05, 3.63) is 28.8 Å². The van der Waals surface area contributed by atoms with Gasteiger partial charge in [0.15, 0.2) is 11.5 Å². The molecule has 1 aromatic carbocycles. The average Bonchev–Trinajstić information content (AvgIpc) is 2.86. The van der Waals surface area contributed by atoms with Gasteiger partial charge in [-0.15, -0.1) is 10.2 Å². The average molecular weight is 279 g/mol. The maximum absolute atomic E-state index is 9.96. The highest BCUT2D eigenvalue weighted by atomic mass is 32.1. The number of anilines is 1. The first-order valence-electron chi connectivity index (χ1n) is 6.15. The zero-order valence-corrected chi connectivity index (χ0v) is 11.8. The molecular weight excluding hydrogens is 262 g/mol. The van der Waals surface area contributed by atoms with E-state index in [9.17, 15) is 5.11 Å². The van der Waals surface area contributed by atoms with Crippen LogP contribution in [0.5, 0.6) is 11.5 Å². The molecule has 2 aromatic rings. The molecule has 0 fully saturated rings. The molecule has 0 bridgehead atoms. The highest BCUT2D eigenvalue weighted by Crippen LogP contribution is 2.30. The van der Waals surface area contributed by atoms with E-state index in [1.54, 1.807) is 17.4 Å². The SMILES string of the molecule is CCCc1nnc(NCc2cccc(OC)c2O)s1. The lowest BCUT2D eigenvalue weighted by molar-refractivity contribution is 0.371. The van der Waals surface area contributed by atoms with E-state index in [1.807, 2.05) is 12.1 Å². The molecule has 19 heavy (non-hydrogen) atoms. The van der Waals surface area contributed by atoms with Gasteiger partial charge in [-0.2, -0.15) is 0 Å². The molecule has 0 aliphatic heterocycles. The zero-order valence-electron chi connectivity index (χ0n) is 11.0. The Morgan fingerprint density at radius 2 is 2.21 bits per heavy atom.